The Bertz CT molecular complexity index is 408. The zero-order valence-electron chi connectivity index (χ0n) is 6.88. The predicted molar refractivity (Wildman–Crippen MR) is 59.6 cm³/mol. The molecule has 0 heterocycles. The lowest BCUT2D eigenvalue weighted by atomic mass is 10.3. The van der Waals surface area contributed by atoms with Crippen molar-refractivity contribution in [3.8, 4) is 0 Å². The second kappa shape index (κ2) is 5.26. The van der Waals surface area contributed by atoms with Crippen LogP contribution in [0.15, 0.2) is 23.1 Å². The topological polar surface area (TPSA) is 106 Å². The fraction of sp³-hybridized carbons (Fsp3) is 0. The minimum atomic E-state index is -4.26. The van der Waals surface area contributed by atoms with Gasteiger partial charge in [-0.1, -0.05) is 0 Å². The summed E-state index contributed by atoms with van der Waals surface area (Å²) in [5.74, 6) is 0. The molecule has 0 saturated carbocycles. The normalized spacial score (nSPS) is 9.79. The van der Waals surface area contributed by atoms with Crippen molar-refractivity contribution in [3.63, 3.8) is 0 Å². The first-order valence-electron chi connectivity index (χ1n) is 3.04. The molecule has 0 fully saturated rings. The van der Waals surface area contributed by atoms with Crippen LogP contribution in [0.3, 0.4) is 0 Å². The van der Waals surface area contributed by atoms with E-state index in [0.717, 1.165) is 6.07 Å². The molecule has 5 nitrogen and oxygen atoms in total. The Balaban J connectivity index is 0. The minimum absolute atomic E-state index is 0. The van der Waals surface area contributed by atoms with E-state index in [0.29, 0.717) is 0 Å². The number of nitrogen functional groups attached to an aromatic ring is 2. The number of hydrogen-bond donors (Lipinski definition) is 3. The Kier molecular flexibility index (Phi) is 5.92. The van der Waals surface area contributed by atoms with Crippen LogP contribution in [-0.4, -0.2) is 13.0 Å². The molecule has 1 aromatic carbocycles. The number of nitrogens with two attached hydrogens (primary N) is 2. The van der Waals surface area contributed by atoms with E-state index in [4.69, 9.17) is 16.0 Å². The highest BCUT2D eigenvalue weighted by Gasteiger charge is 2.13. The highest BCUT2D eigenvalue weighted by Crippen LogP contribution is 2.20. The van der Waals surface area contributed by atoms with Crippen molar-refractivity contribution in [2.45, 2.75) is 4.90 Å². The van der Waals surface area contributed by atoms with Crippen molar-refractivity contribution in [2.24, 2.45) is 0 Å². The van der Waals surface area contributed by atoms with E-state index >= 15 is 0 Å². The first-order valence-corrected chi connectivity index (χ1v) is 4.48. The van der Waals surface area contributed by atoms with Crippen molar-refractivity contribution < 1.29 is 13.0 Å². The summed E-state index contributed by atoms with van der Waals surface area (Å²) >= 11 is 0. The van der Waals surface area contributed by atoms with Gasteiger partial charge in [0, 0.05) is 5.69 Å². The minimum Gasteiger partial charge on any atom is -0.399 e. The Morgan fingerprint density at radius 3 is 2.00 bits per heavy atom. The molecule has 0 amide bonds. The second-order valence-corrected chi connectivity index (χ2v) is 3.66. The van der Waals surface area contributed by atoms with E-state index in [9.17, 15) is 8.42 Å². The molecule has 0 aliphatic rings. The van der Waals surface area contributed by atoms with Gasteiger partial charge in [0.25, 0.3) is 10.1 Å². The van der Waals surface area contributed by atoms with Crippen LogP contribution in [0.5, 0.6) is 0 Å². The molecule has 1 aromatic rings. The number of benzene rings is 1. The SMILES string of the molecule is Cl.Cl.Nc1ccc(N)c(S(=O)(=O)O)c1. The van der Waals surface area contributed by atoms with E-state index in [1.54, 1.807) is 0 Å². The molecule has 8 heteroatoms. The van der Waals surface area contributed by atoms with Crippen molar-refractivity contribution in [3.05, 3.63) is 18.2 Å². The Labute approximate surface area is 94.0 Å². The second-order valence-electron chi connectivity index (χ2n) is 2.27. The number of halogens is 2. The molecule has 0 saturated heterocycles. The molecule has 0 spiro atoms. The Hall–Kier alpha value is -0.690. The van der Waals surface area contributed by atoms with Gasteiger partial charge in [-0.25, -0.2) is 0 Å². The third-order valence-corrected chi connectivity index (χ3v) is 2.22. The molecule has 0 aromatic heterocycles. The summed E-state index contributed by atoms with van der Waals surface area (Å²) in [7, 11) is -4.26. The quantitative estimate of drug-likeness (QED) is 0.515. The van der Waals surface area contributed by atoms with Gasteiger partial charge in [0.05, 0.1) is 5.69 Å². The monoisotopic (exact) mass is 260 g/mol. The van der Waals surface area contributed by atoms with Gasteiger partial charge in [0.2, 0.25) is 0 Å². The Morgan fingerprint density at radius 2 is 1.64 bits per heavy atom. The average Bonchev–Trinajstić information content (AvgIpc) is 1.92. The summed E-state index contributed by atoms with van der Waals surface area (Å²) in [4.78, 5) is -0.359. The fourth-order valence-electron chi connectivity index (χ4n) is 0.774. The van der Waals surface area contributed by atoms with Crippen LogP contribution >= 0.6 is 24.8 Å². The van der Waals surface area contributed by atoms with Gasteiger partial charge in [0.1, 0.15) is 4.90 Å². The zero-order valence-corrected chi connectivity index (χ0v) is 9.32. The lowest BCUT2D eigenvalue weighted by Crippen LogP contribution is -2.03. The highest BCUT2D eigenvalue weighted by molar-refractivity contribution is 7.86. The molecule has 0 aliphatic carbocycles. The third-order valence-electron chi connectivity index (χ3n) is 1.32. The van der Waals surface area contributed by atoms with Crippen LogP contribution in [0.2, 0.25) is 0 Å². The van der Waals surface area contributed by atoms with Crippen molar-refractivity contribution in [1.29, 1.82) is 0 Å². The zero-order chi connectivity index (χ0) is 9.35. The molecule has 0 aliphatic heterocycles. The predicted octanol–water partition coefficient (Wildman–Crippen LogP) is 0.941. The van der Waals surface area contributed by atoms with Gasteiger partial charge in [-0.3, -0.25) is 4.55 Å². The van der Waals surface area contributed by atoms with Gasteiger partial charge in [-0.2, -0.15) is 8.42 Å². The highest BCUT2D eigenvalue weighted by atomic mass is 35.5. The summed E-state index contributed by atoms with van der Waals surface area (Å²) in [5.41, 5.74) is 10.8. The smallest absolute Gasteiger partial charge is 0.296 e. The summed E-state index contributed by atoms with van der Waals surface area (Å²) in [6.07, 6.45) is 0. The maximum atomic E-state index is 10.6. The van der Waals surface area contributed by atoms with Crippen LogP contribution in [0.1, 0.15) is 0 Å². The largest absolute Gasteiger partial charge is 0.399 e. The van der Waals surface area contributed by atoms with Gasteiger partial charge >= 0.3 is 0 Å². The van der Waals surface area contributed by atoms with Crippen molar-refractivity contribution >= 4 is 46.3 Å². The number of anilines is 2. The lowest BCUT2D eigenvalue weighted by molar-refractivity contribution is 0.483. The number of hydrogen-bond acceptors (Lipinski definition) is 4. The van der Waals surface area contributed by atoms with E-state index < -0.39 is 10.1 Å². The Morgan fingerprint density at radius 1 is 1.14 bits per heavy atom. The van der Waals surface area contributed by atoms with E-state index in [1.807, 2.05) is 0 Å². The van der Waals surface area contributed by atoms with E-state index in [1.165, 1.54) is 12.1 Å². The first-order chi connectivity index (χ1) is 5.41. The van der Waals surface area contributed by atoms with Gasteiger partial charge < -0.3 is 11.5 Å². The molecule has 0 bridgehead atoms. The molecule has 82 valence electrons. The van der Waals surface area contributed by atoms with E-state index in [-0.39, 0.29) is 41.1 Å². The van der Waals surface area contributed by atoms with Gasteiger partial charge in [-0.05, 0) is 18.2 Å². The average molecular weight is 261 g/mol. The van der Waals surface area contributed by atoms with Gasteiger partial charge in [-0.15, -0.1) is 24.8 Å². The first kappa shape index (κ1) is 15.8. The molecule has 0 atom stereocenters. The summed E-state index contributed by atoms with van der Waals surface area (Å²) < 4.78 is 29.9. The maximum absolute atomic E-state index is 10.6. The molecule has 1 rings (SSSR count). The molecular weight excluding hydrogens is 251 g/mol. The number of rotatable bonds is 1. The van der Waals surface area contributed by atoms with Crippen LogP contribution in [0, 0.1) is 0 Å². The van der Waals surface area contributed by atoms with Crippen LogP contribution in [0.25, 0.3) is 0 Å². The molecule has 0 unspecified atom stereocenters. The molecule has 14 heavy (non-hydrogen) atoms. The van der Waals surface area contributed by atoms with Crippen LogP contribution < -0.4 is 11.5 Å². The standard InChI is InChI=1S/C6H8N2O3S.2ClH/c7-4-1-2-5(8)6(3-4)12(9,10)11;;/h1-3H,7-8H2,(H,9,10,11);2*1H. The van der Waals surface area contributed by atoms with E-state index in [2.05, 4.69) is 0 Å². The molecule has 0 radical (unpaired) electrons. The van der Waals surface area contributed by atoms with Crippen molar-refractivity contribution in [2.75, 3.05) is 11.5 Å². The summed E-state index contributed by atoms with van der Waals surface area (Å²) in [6, 6.07) is 3.87. The molecule has 5 N–H and O–H groups in total. The fourth-order valence-corrected chi connectivity index (χ4v) is 1.43. The third kappa shape index (κ3) is 3.59. The summed E-state index contributed by atoms with van der Waals surface area (Å²) in [5, 5.41) is 0. The van der Waals surface area contributed by atoms with Crippen LogP contribution in [-0.2, 0) is 10.1 Å². The van der Waals surface area contributed by atoms with Gasteiger partial charge in [0.15, 0.2) is 0 Å². The van der Waals surface area contributed by atoms with Crippen molar-refractivity contribution in [1.82, 2.24) is 0 Å². The maximum Gasteiger partial charge on any atom is 0.296 e. The molecular formula is C6H10Cl2N2O3S. The van der Waals surface area contributed by atoms with Crippen LogP contribution in [0.4, 0.5) is 11.4 Å². The summed E-state index contributed by atoms with van der Waals surface area (Å²) in [6.45, 7) is 0. The lowest BCUT2D eigenvalue weighted by Gasteiger charge is -2.02.